The van der Waals surface area contributed by atoms with Crippen molar-refractivity contribution in [2.24, 2.45) is 0 Å². The van der Waals surface area contributed by atoms with Crippen LogP contribution in [0.4, 0.5) is 11.8 Å². The summed E-state index contributed by atoms with van der Waals surface area (Å²) in [6.07, 6.45) is 6.18. The molecule has 7 nitrogen and oxygen atoms in total. The first-order chi connectivity index (χ1) is 10.8. The quantitative estimate of drug-likeness (QED) is 0.902. The zero-order valence-electron chi connectivity index (χ0n) is 12.0. The molecular formula is C15H16N6O. The molecule has 4 heterocycles. The molecule has 1 unspecified atom stereocenters. The van der Waals surface area contributed by atoms with Gasteiger partial charge in [0.15, 0.2) is 0 Å². The number of ether oxygens (including phenoxy) is 1. The normalized spacial score (nSPS) is 26.1. The van der Waals surface area contributed by atoms with E-state index < -0.39 is 0 Å². The van der Waals surface area contributed by atoms with Gasteiger partial charge in [0.2, 0.25) is 5.95 Å². The number of fused-ring (bicyclic) bond motifs is 1. The monoisotopic (exact) mass is 296 g/mol. The van der Waals surface area contributed by atoms with Gasteiger partial charge >= 0.3 is 0 Å². The van der Waals surface area contributed by atoms with Gasteiger partial charge in [0.25, 0.3) is 0 Å². The Morgan fingerprint density at radius 1 is 1.18 bits per heavy atom. The van der Waals surface area contributed by atoms with E-state index in [4.69, 9.17) is 20.4 Å². The lowest BCUT2D eigenvalue weighted by atomic mass is 9.95. The minimum absolute atomic E-state index is 0.276. The number of hydrogen-bond donors (Lipinski definition) is 1. The predicted molar refractivity (Wildman–Crippen MR) is 80.3 cm³/mol. The third kappa shape index (κ3) is 1.85. The molecule has 3 aliphatic rings. The van der Waals surface area contributed by atoms with Gasteiger partial charge < -0.3 is 15.4 Å². The number of nitrogens with two attached hydrogens (primary N) is 1. The fourth-order valence-electron chi connectivity index (χ4n) is 2.98. The van der Waals surface area contributed by atoms with E-state index in [9.17, 15) is 0 Å². The molecule has 112 valence electrons. The Balaban J connectivity index is 1.55. The second-order valence-electron chi connectivity index (χ2n) is 6.17. The Bertz CT molecular complexity index is 729. The summed E-state index contributed by atoms with van der Waals surface area (Å²) in [6.45, 7) is 1.72. The molecule has 2 atom stereocenters. The number of anilines is 2. The smallest absolute Gasteiger partial charge is 0.219 e. The Labute approximate surface area is 127 Å². The molecule has 2 N–H and O–H groups in total. The van der Waals surface area contributed by atoms with Crippen molar-refractivity contribution in [3.05, 3.63) is 24.3 Å². The van der Waals surface area contributed by atoms with Gasteiger partial charge in [-0.2, -0.15) is 0 Å². The van der Waals surface area contributed by atoms with Gasteiger partial charge in [-0.3, -0.25) is 0 Å². The first-order valence-corrected chi connectivity index (χ1v) is 7.63. The van der Waals surface area contributed by atoms with Gasteiger partial charge in [-0.25, -0.2) is 19.9 Å². The standard InChI is InChI=1S/C15H16N6O/c16-15-17-4-9(5-18-15)10-3-13(20-14(19-10)8-1-2-8)21-6-12-11(21)7-22-12/h3-5,8,11-12H,1-2,6-7H2,(H2,16,17,18)/t11-,12?/m1/s1. The second-order valence-corrected chi connectivity index (χ2v) is 6.17. The molecule has 7 heteroatoms. The molecule has 1 aliphatic carbocycles. The number of rotatable bonds is 3. The molecule has 2 aromatic heterocycles. The third-order valence-corrected chi connectivity index (χ3v) is 4.62. The lowest BCUT2D eigenvalue weighted by Gasteiger charge is -2.55. The third-order valence-electron chi connectivity index (χ3n) is 4.62. The van der Waals surface area contributed by atoms with Crippen LogP contribution in [0, 0.1) is 0 Å². The fraction of sp³-hybridized carbons (Fsp3) is 0.467. The van der Waals surface area contributed by atoms with Gasteiger partial charge in [0.05, 0.1) is 24.4 Å². The topological polar surface area (TPSA) is 90.0 Å². The van der Waals surface area contributed by atoms with Crippen molar-refractivity contribution in [3.8, 4) is 11.3 Å². The van der Waals surface area contributed by atoms with Crippen molar-refractivity contribution in [3.63, 3.8) is 0 Å². The molecule has 0 aromatic carbocycles. The van der Waals surface area contributed by atoms with E-state index in [1.54, 1.807) is 12.4 Å². The van der Waals surface area contributed by atoms with Crippen LogP contribution in [0.25, 0.3) is 11.3 Å². The highest BCUT2D eigenvalue weighted by Gasteiger charge is 2.48. The fourth-order valence-corrected chi connectivity index (χ4v) is 2.98. The minimum atomic E-state index is 0.276. The molecule has 1 saturated carbocycles. The highest BCUT2D eigenvalue weighted by atomic mass is 16.5. The lowest BCUT2D eigenvalue weighted by molar-refractivity contribution is -0.113. The van der Waals surface area contributed by atoms with Crippen LogP contribution in [-0.2, 0) is 4.74 Å². The Morgan fingerprint density at radius 2 is 2.00 bits per heavy atom. The molecular weight excluding hydrogens is 280 g/mol. The number of nitrogens with zero attached hydrogens (tertiary/aromatic N) is 5. The maximum absolute atomic E-state index is 5.57. The van der Waals surface area contributed by atoms with Gasteiger partial charge in [-0.15, -0.1) is 0 Å². The average molecular weight is 296 g/mol. The summed E-state index contributed by atoms with van der Waals surface area (Å²) in [5.74, 6) is 2.71. The van der Waals surface area contributed by atoms with E-state index in [1.807, 2.05) is 6.07 Å². The molecule has 2 aromatic rings. The highest BCUT2D eigenvalue weighted by molar-refractivity contribution is 5.63. The average Bonchev–Trinajstić information content (AvgIpc) is 3.35. The summed E-state index contributed by atoms with van der Waals surface area (Å²) < 4.78 is 5.48. The van der Waals surface area contributed by atoms with Crippen molar-refractivity contribution in [2.45, 2.75) is 30.9 Å². The van der Waals surface area contributed by atoms with Gasteiger partial charge in [0.1, 0.15) is 11.6 Å². The Kier molecular flexibility index (Phi) is 2.43. The number of morpholine rings is 1. The molecule has 2 aliphatic heterocycles. The summed E-state index contributed by atoms with van der Waals surface area (Å²) in [5, 5.41) is 0. The molecule has 0 amide bonds. The number of nitrogen functional groups attached to an aromatic ring is 1. The molecule has 0 bridgehead atoms. The Morgan fingerprint density at radius 3 is 2.59 bits per heavy atom. The minimum Gasteiger partial charge on any atom is -0.372 e. The van der Waals surface area contributed by atoms with Gasteiger partial charge in [0, 0.05) is 36.5 Å². The largest absolute Gasteiger partial charge is 0.372 e. The summed E-state index contributed by atoms with van der Waals surface area (Å²) in [6, 6.07) is 2.51. The molecule has 2 saturated heterocycles. The van der Waals surface area contributed by atoms with Crippen LogP contribution >= 0.6 is 0 Å². The zero-order chi connectivity index (χ0) is 14.7. The van der Waals surface area contributed by atoms with Crippen LogP contribution in [0.1, 0.15) is 24.6 Å². The molecule has 5 rings (SSSR count). The molecule has 0 spiro atoms. The molecule has 22 heavy (non-hydrogen) atoms. The van der Waals surface area contributed by atoms with Crippen molar-refractivity contribution >= 4 is 11.8 Å². The van der Waals surface area contributed by atoms with E-state index >= 15 is 0 Å². The Hall–Kier alpha value is -2.28. The second kappa shape index (κ2) is 4.36. The van der Waals surface area contributed by atoms with Crippen molar-refractivity contribution < 1.29 is 4.74 Å². The predicted octanol–water partition coefficient (Wildman–Crippen LogP) is 0.981. The van der Waals surface area contributed by atoms with Crippen molar-refractivity contribution in [2.75, 3.05) is 23.8 Å². The van der Waals surface area contributed by atoms with Crippen LogP contribution in [0.5, 0.6) is 0 Å². The lowest BCUT2D eigenvalue weighted by Crippen LogP contribution is -2.71. The van der Waals surface area contributed by atoms with Crippen LogP contribution in [-0.4, -0.2) is 45.2 Å². The summed E-state index contributed by atoms with van der Waals surface area (Å²) >= 11 is 0. The zero-order valence-corrected chi connectivity index (χ0v) is 12.0. The van der Waals surface area contributed by atoms with Crippen LogP contribution in [0.15, 0.2) is 18.5 Å². The van der Waals surface area contributed by atoms with Crippen molar-refractivity contribution in [1.82, 2.24) is 19.9 Å². The van der Waals surface area contributed by atoms with Gasteiger partial charge in [-0.05, 0) is 12.8 Å². The maximum Gasteiger partial charge on any atom is 0.219 e. The van der Waals surface area contributed by atoms with Crippen LogP contribution in [0.3, 0.4) is 0 Å². The SMILES string of the molecule is Nc1ncc(-c2cc(N3CC4OC[C@H]43)nc(C3CC3)n2)cn1. The first-order valence-electron chi connectivity index (χ1n) is 7.63. The van der Waals surface area contributed by atoms with E-state index in [0.717, 1.165) is 36.1 Å². The van der Waals surface area contributed by atoms with E-state index in [1.165, 1.54) is 12.8 Å². The molecule has 0 radical (unpaired) electrons. The highest BCUT2D eigenvalue weighted by Crippen LogP contribution is 2.41. The summed E-state index contributed by atoms with van der Waals surface area (Å²) in [4.78, 5) is 19.9. The van der Waals surface area contributed by atoms with E-state index in [-0.39, 0.29) is 5.95 Å². The number of aromatic nitrogens is 4. The van der Waals surface area contributed by atoms with Gasteiger partial charge in [-0.1, -0.05) is 0 Å². The number of hydrogen-bond acceptors (Lipinski definition) is 7. The van der Waals surface area contributed by atoms with Crippen LogP contribution < -0.4 is 10.6 Å². The van der Waals surface area contributed by atoms with Crippen LogP contribution in [0.2, 0.25) is 0 Å². The van der Waals surface area contributed by atoms with E-state index in [2.05, 4.69) is 14.9 Å². The first kappa shape index (κ1) is 12.3. The summed E-state index contributed by atoms with van der Waals surface area (Å²) in [7, 11) is 0. The summed E-state index contributed by atoms with van der Waals surface area (Å²) in [5.41, 5.74) is 7.31. The maximum atomic E-state index is 5.57. The van der Waals surface area contributed by atoms with E-state index in [0.29, 0.717) is 18.1 Å². The molecule has 3 fully saturated rings. The van der Waals surface area contributed by atoms with Crippen molar-refractivity contribution in [1.29, 1.82) is 0 Å².